The van der Waals surface area contributed by atoms with E-state index in [1.54, 1.807) is 0 Å². The molecule has 0 aromatic rings. The Kier molecular flexibility index (Phi) is 63.0. The van der Waals surface area contributed by atoms with E-state index < -0.39 is 12.1 Å². The number of allylic oxidation sites excluding steroid dienone is 6. The molecule has 0 fully saturated rings. The summed E-state index contributed by atoms with van der Waals surface area (Å²) >= 11 is 0. The number of unbranched alkanes of at least 4 members (excludes halogenated alkanes) is 46. The van der Waals surface area contributed by atoms with Crippen molar-refractivity contribution in [1.29, 1.82) is 0 Å². The third-order valence-electron chi connectivity index (χ3n) is 15.7. The van der Waals surface area contributed by atoms with Crippen molar-refractivity contribution in [2.75, 3.05) is 13.2 Å². The van der Waals surface area contributed by atoms with Gasteiger partial charge in [0.15, 0.2) is 0 Å². The Bertz CT molecular complexity index is 1210. The van der Waals surface area contributed by atoms with Crippen LogP contribution in [0.4, 0.5) is 0 Å². The van der Waals surface area contributed by atoms with Crippen LogP contribution in [-0.4, -0.2) is 47.4 Å². The van der Waals surface area contributed by atoms with Crippen LogP contribution in [0, 0.1) is 0 Å². The van der Waals surface area contributed by atoms with E-state index in [9.17, 15) is 19.8 Å². The molecule has 0 bridgehead atoms. The average molecular weight is 1050 g/mol. The fraction of sp³-hybridized carbons (Fsp3) is 0.884. The number of rotatable bonds is 63. The van der Waals surface area contributed by atoms with Crippen LogP contribution < -0.4 is 5.32 Å². The summed E-state index contributed by atoms with van der Waals surface area (Å²) < 4.78 is 5.48. The van der Waals surface area contributed by atoms with Gasteiger partial charge in [0.05, 0.1) is 25.4 Å². The van der Waals surface area contributed by atoms with Crippen LogP contribution in [0.5, 0.6) is 0 Å². The topological polar surface area (TPSA) is 95.9 Å². The molecule has 0 aromatic heterocycles. The van der Waals surface area contributed by atoms with Crippen LogP contribution in [0.3, 0.4) is 0 Å². The molecule has 6 heteroatoms. The lowest BCUT2D eigenvalue weighted by Crippen LogP contribution is -2.45. The molecule has 2 unspecified atom stereocenters. The lowest BCUT2D eigenvalue weighted by Gasteiger charge is -2.22. The molecule has 75 heavy (non-hydrogen) atoms. The summed E-state index contributed by atoms with van der Waals surface area (Å²) in [5, 5.41) is 23.3. The molecule has 1 amide bonds. The first-order valence-electron chi connectivity index (χ1n) is 33.7. The second kappa shape index (κ2) is 64.6. The zero-order valence-corrected chi connectivity index (χ0v) is 50.5. The maximum atomic E-state index is 12.5. The SMILES string of the molecule is CCCCCCC/C=C\CCCCCCCC(=O)OCCCCCCCCCCC/C=C\C/C=C\CCCCCCCCCCCCCCCCCC(=O)NC(CO)C(O)CCCCCCCCCCCCCCC. The first-order valence-corrected chi connectivity index (χ1v) is 33.7. The molecule has 0 heterocycles. The minimum Gasteiger partial charge on any atom is -0.466 e. The molecule has 0 rings (SSSR count). The predicted octanol–water partition coefficient (Wildman–Crippen LogP) is 21.5. The third kappa shape index (κ3) is 61.2. The highest BCUT2D eigenvalue weighted by molar-refractivity contribution is 5.76. The van der Waals surface area contributed by atoms with Crippen molar-refractivity contribution in [1.82, 2.24) is 5.32 Å². The summed E-state index contributed by atoms with van der Waals surface area (Å²) in [6.45, 7) is 4.95. The molecule has 3 N–H and O–H groups in total. The third-order valence-corrected chi connectivity index (χ3v) is 15.7. The highest BCUT2D eigenvalue weighted by Gasteiger charge is 2.20. The largest absolute Gasteiger partial charge is 0.466 e. The number of hydrogen-bond acceptors (Lipinski definition) is 5. The number of amides is 1. The summed E-state index contributed by atoms with van der Waals surface area (Å²) in [6, 6.07) is -0.540. The van der Waals surface area contributed by atoms with E-state index in [2.05, 4.69) is 55.6 Å². The van der Waals surface area contributed by atoms with Crippen molar-refractivity contribution in [2.24, 2.45) is 0 Å². The fourth-order valence-electron chi connectivity index (χ4n) is 10.5. The number of carbonyl (C=O) groups is 2. The van der Waals surface area contributed by atoms with Crippen molar-refractivity contribution in [3.63, 3.8) is 0 Å². The Morgan fingerprint density at radius 2 is 0.667 bits per heavy atom. The maximum Gasteiger partial charge on any atom is 0.305 e. The van der Waals surface area contributed by atoms with Gasteiger partial charge in [-0.25, -0.2) is 0 Å². The van der Waals surface area contributed by atoms with E-state index in [0.29, 0.717) is 25.9 Å². The molecular formula is C69H131NO5. The fourth-order valence-corrected chi connectivity index (χ4v) is 10.5. The number of hydrogen-bond donors (Lipinski definition) is 3. The van der Waals surface area contributed by atoms with Crippen LogP contribution >= 0.6 is 0 Å². The molecule has 0 aliphatic rings. The normalized spacial score (nSPS) is 12.7. The molecule has 0 radical (unpaired) electrons. The second-order valence-corrected chi connectivity index (χ2v) is 23.1. The highest BCUT2D eigenvalue weighted by Crippen LogP contribution is 2.18. The molecule has 0 spiro atoms. The van der Waals surface area contributed by atoms with Crippen molar-refractivity contribution >= 4 is 11.9 Å². The molecule has 6 nitrogen and oxygen atoms in total. The summed E-state index contributed by atoms with van der Waals surface area (Å²) in [5.74, 6) is -0.0283. The lowest BCUT2D eigenvalue weighted by molar-refractivity contribution is -0.143. The standard InChI is InChI=1S/C69H131NO5/c1-3-5-7-9-11-13-15-17-39-43-47-51-55-59-63-69(74)75-64-60-56-52-48-44-40-36-34-32-30-28-26-24-22-20-18-19-21-23-25-27-29-31-33-35-38-42-46-50-54-58-62-68(73)70-66(65-71)67(72)61-57-53-49-45-41-37-16-14-12-10-8-6-4-2/h15,17,20,22,26,28,66-67,71-72H,3-14,16,18-19,21,23-25,27,29-65H2,1-2H3,(H,70,73)/b17-15-,22-20-,28-26-. The Morgan fingerprint density at radius 3 is 1.03 bits per heavy atom. The van der Waals surface area contributed by atoms with Gasteiger partial charge in [-0.15, -0.1) is 0 Å². The summed E-state index contributed by atoms with van der Waals surface area (Å²) in [4.78, 5) is 24.5. The predicted molar refractivity (Wildman–Crippen MR) is 329 cm³/mol. The van der Waals surface area contributed by atoms with Crippen molar-refractivity contribution in [3.8, 4) is 0 Å². The molecule has 0 aliphatic heterocycles. The van der Waals surface area contributed by atoms with Crippen LogP contribution in [-0.2, 0) is 14.3 Å². The Morgan fingerprint density at radius 1 is 0.373 bits per heavy atom. The molecular weight excluding hydrogens is 923 g/mol. The van der Waals surface area contributed by atoms with Gasteiger partial charge >= 0.3 is 5.97 Å². The van der Waals surface area contributed by atoms with E-state index in [1.165, 1.54) is 283 Å². The van der Waals surface area contributed by atoms with E-state index in [-0.39, 0.29) is 18.5 Å². The summed E-state index contributed by atoms with van der Waals surface area (Å²) in [5.41, 5.74) is 0. The number of aliphatic hydroxyl groups is 2. The smallest absolute Gasteiger partial charge is 0.305 e. The zero-order chi connectivity index (χ0) is 54.3. The van der Waals surface area contributed by atoms with Crippen LogP contribution in [0.25, 0.3) is 0 Å². The first-order chi connectivity index (χ1) is 37.0. The Balaban J connectivity index is 3.38. The van der Waals surface area contributed by atoms with Gasteiger partial charge in [-0.05, 0) is 83.5 Å². The van der Waals surface area contributed by atoms with Gasteiger partial charge in [-0.2, -0.15) is 0 Å². The molecule has 0 aromatic carbocycles. The number of nitrogens with one attached hydrogen (secondary N) is 1. The Hall–Kier alpha value is -1.92. The van der Waals surface area contributed by atoms with E-state index in [1.807, 2.05) is 0 Å². The average Bonchev–Trinajstić information content (AvgIpc) is 3.41. The molecule has 0 saturated heterocycles. The summed E-state index contributed by atoms with van der Waals surface area (Å²) in [6.07, 6.45) is 81.8. The molecule has 2 atom stereocenters. The van der Waals surface area contributed by atoms with Crippen molar-refractivity contribution in [2.45, 2.75) is 379 Å². The van der Waals surface area contributed by atoms with Gasteiger partial charge < -0.3 is 20.3 Å². The minimum atomic E-state index is -0.663. The minimum absolute atomic E-state index is 0.00477. The molecule has 0 aliphatic carbocycles. The van der Waals surface area contributed by atoms with Crippen molar-refractivity contribution < 1.29 is 24.5 Å². The van der Waals surface area contributed by atoms with Crippen LogP contribution in [0.1, 0.15) is 367 Å². The van der Waals surface area contributed by atoms with Gasteiger partial charge in [-0.1, -0.05) is 307 Å². The first kappa shape index (κ1) is 73.1. The van der Waals surface area contributed by atoms with Crippen LogP contribution in [0.2, 0.25) is 0 Å². The lowest BCUT2D eigenvalue weighted by atomic mass is 10.0. The monoisotopic (exact) mass is 1050 g/mol. The van der Waals surface area contributed by atoms with E-state index >= 15 is 0 Å². The van der Waals surface area contributed by atoms with Gasteiger partial charge in [0.1, 0.15) is 0 Å². The second-order valence-electron chi connectivity index (χ2n) is 23.1. The molecule has 442 valence electrons. The highest BCUT2D eigenvalue weighted by atomic mass is 16.5. The van der Waals surface area contributed by atoms with E-state index in [0.717, 1.165) is 51.4 Å². The number of aliphatic hydroxyl groups excluding tert-OH is 2. The quantitative estimate of drug-likeness (QED) is 0.0320. The van der Waals surface area contributed by atoms with Gasteiger partial charge in [0.25, 0.3) is 0 Å². The van der Waals surface area contributed by atoms with Gasteiger partial charge in [0, 0.05) is 12.8 Å². The summed E-state index contributed by atoms with van der Waals surface area (Å²) in [7, 11) is 0. The van der Waals surface area contributed by atoms with Gasteiger partial charge in [-0.3, -0.25) is 9.59 Å². The van der Waals surface area contributed by atoms with Gasteiger partial charge in [0.2, 0.25) is 5.91 Å². The zero-order valence-electron chi connectivity index (χ0n) is 50.5. The Labute approximate surface area is 468 Å². The van der Waals surface area contributed by atoms with Crippen molar-refractivity contribution in [3.05, 3.63) is 36.5 Å². The van der Waals surface area contributed by atoms with Crippen LogP contribution in [0.15, 0.2) is 36.5 Å². The number of esters is 1. The van der Waals surface area contributed by atoms with E-state index in [4.69, 9.17) is 4.74 Å². The number of ether oxygens (including phenoxy) is 1. The number of carbonyl (C=O) groups excluding carboxylic acids is 2. The maximum absolute atomic E-state index is 12.5. The molecule has 0 saturated carbocycles.